The molecule has 0 heterocycles. The maximum atomic E-state index is 12.8. The molecule has 0 aromatic heterocycles. The molecule has 5 heteroatoms. The minimum Gasteiger partial charge on any atom is -0.493 e. The van der Waals surface area contributed by atoms with Crippen LogP contribution in [0, 0.1) is 0 Å². The van der Waals surface area contributed by atoms with Gasteiger partial charge in [0.1, 0.15) is 6.61 Å². The van der Waals surface area contributed by atoms with E-state index in [0.29, 0.717) is 18.9 Å². The van der Waals surface area contributed by atoms with Gasteiger partial charge in [0.15, 0.2) is 11.5 Å². The number of benzene rings is 2. The summed E-state index contributed by atoms with van der Waals surface area (Å²) in [6, 6.07) is 15.8. The second-order valence-corrected chi connectivity index (χ2v) is 7.33. The summed E-state index contributed by atoms with van der Waals surface area (Å²) in [6.45, 7) is 10.4. The number of methoxy groups -OCH3 is 1. The lowest BCUT2D eigenvalue weighted by atomic mass is 9.93. The third-order valence-electron chi connectivity index (χ3n) is 5.35. The van der Waals surface area contributed by atoms with E-state index in [0.717, 1.165) is 49.4 Å². The Balaban J connectivity index is 1.96. The van der Waals surface area contributed by atoms with Gasteiger partial charge in [0.2, 0.25) is 5.91 Å². The largest absolute Gasteiger partial charge is 0.493 e. The van der Waals surface area contributed by atoms with Crippen molar-refractivity contribution in [3.8, 4) is 11.5 Å². The van der Waals surface area contributed by atoms with Crippen molar-refractivity contribution >= 4 is 5.91 Å². The number of hydrogen-bond acceptors (Lipinski definition) is 4. The van der Waals surface area contributed by atoms with E-state index in [4.69, 9.17) is 9.47 Å². The molecule has 0 saturated carbocycles. The molecule has 1 amide bonds. The van der Waals surface area contributed by atoms with Gasteiger partial charge in [-0.15, -0.1) is 0 Å². The Bertz CT molecular complexity index is 760. The summed E-state index contributed by atoms with van der Waals surface area (Å²) in [5.74, 6) is 1.35. The summed E-state index contributed by atoms with van der Waals surface area (Å²) in [5, 5.41) is 3.08. The molecule has 1 unspecified atom stereocenters. The molecule has 0 fully saturated rings. The van der Waals surface area contributed by atoms with Crippen molar-refractivity contribution in [2.24, 2.45) is 0 Å². The van der Waals surface area contributed by atoms with Gasteiger partial charge in [0, 0.05) is 13.1 Å². The first-order valence-corrected chi connectivity index (χ1v) is 11.0. The Morgan fingerprint density at radius 1 is 1.03 bits per heavy atom. The first-order chi connectivity index (χ1) is 14.6. The highest BCUT2D eigenvalue weighted by atomic mass is 16.5. The number of rotatable bonds is 13. The monoisotopic (exact) mass is 412 g/mol. The Kier molecular flexibility index (Phi) is 10.2. The Labute approximate surface area is 181 Å². The maximum Gasteiger partial charge on any atom is 0.227 e. The van der Waals surface area contributed by atoms with Crippen LogP contribution in [0.1, 0.15) is 50.7 Å². The number of amides is 1. The molecule has 0 radical (unpaired) electrons. The highest BCUT2D eigenvalue weighted by Gasteiger charge is 2.19. The quantitative estimate of drug-likeness (QED) is 0.522. The molecule has 1 atom stereocenters. The van der Waals surface area contributed by atoms with Crippen LogP contribution in [0.5, 0.6) is 11.5 Å². The molecule has 5 nitrogen and oxygen atoms in total. The van der Waals surface area contributed by atoms with Crippen LogP contribution in [0.4, 0.5) is 0 Å². The van der Waals surface area contributed by atoms with Crippen molar-refractivity contribution in [1.82, 2.24) is 10.2 Å². The van der Waals surface area contributed by atoms with E-state index in [1.807, 2.05) is 48.5 Å². The lowest BCUT2D eigenvalue weighted by molar-refractivity contribution is -0.122. The van der Waals surface area contributed by atoms with Crippen molar-refractivity contribution in [2.45, 2.75) is 46.1 Å². The Morgan fingerprint density at radius 3 is 2.40 bits per heavy atom. The van der Waals surface area contributed by atoms with Gasteiger partial charge in [-0.1, -0.05) is 63.6 Å². The zero-order chi connectivity index (χ0) is 21.8. The molecule has 2 rings (SSSR count). The van der Waals surface area contributed by atoms with Crippen LogP contribution < -0.4 is 14.8 Å². The minimum absolute atomic E-state index is 0.0570. The number of nitrogens with one attached hydrogen (secondary N) is 1. The molecule has 0 bridgehead atoms. The molecule has 2 aromatic carbocycles. The number of ether oxygens (including phenoxy) is 2. The number of carbonyl (C=O) groups is 1. The van der Waals surface area contributed by atoms with E-state index in [-0.39, 0.29) is 11.8 Å². The van der Waals surface area contributed by atoms with Crippen LogP contribution in [-0.4, -0.2) is 44.2 Å². The summed E-state index contributed by atoms with van der Waals surface area (Å²) in [6.07, 6.45) is 1.79. The molecule has 1 N–H and O–H groups in total. The lowest BCUT2D eigenvalue weighted by Crippen LogP contribution is -2.29. The van der Waals surface area contributed by atoms with Crippen molar-refractivity contribution < 1.29 is 14.3 Å². The summed E-state index contributed by atoms with van der Waals surface area (Å²) in [7, 11) is 1.64. The van der Waals surface area contributed by atoms with Crippen molar-refractivity contribution in [1.29, 1.82) is 0 Å². The third kappa shape index (κ3) is 7.06. The highest BCUT2D eigenvalue weighted by Crippen LogP contribution is 2.28. The first kappa shape index (κ1) is 23.7. The van der Waals surface area contributed by atoms with E-state index in [1.54, 1.807) is 7.11 Å². The van der Waals surface area contributed by atoms with Gasteiger partial charge < -0.3 is 19.7 Å². The topological polar surface area (TPSA) is 50.8 Å². The second-order valence-electron chi connectivity index (χ2n) is 7.33. The maximum absolute atomic E-state index is 12.8. The minimum atomic E-state index is -0.124. The molecular weight excluding hydrogens is 376 g/mol. The molecular formula is C25H36N2O3. The summed E-state index contributed by atoms with van der Waals surface area (Å²) in [5.41, 5.74) is 2.05. The zero-order valence-corrected chi connectivity index (χ0v) is 18.8. The average molecular weight is 413 g/mol. The van der Waals surface area contributed by atoms with Crippen LogP contribution in [0.15, 0.2) is 48.5 Å². The lowest BCUT2D eigenvalue weighted by Gasteiger charge is -2.19. The molecule has 2 aromatic rings. The standard InChI is InChI=1S/C25H36N2O3/c1-5-11-22(21-12-9-8-10-13-21)25(28)26-19-20-14-15-23(24(18-20)29-4)30-17-16-27(6-2)7-3/h8-10,12-15,18,22H,5-7,11,16-17,19H2,1-4H3,(H,26,28). The van der Waals surface area contributed by atoms with Gasteiger partial charge in [0.05, 0.1) is 13.0 Å². The Morgan fingerprint density at radius 2 is 1.77 bits per heavy atom. The van der Waals surface area contributed by atoms with Crippen LogP contribution in [0.3, 0.4) is 0 Å². The number of carbonyl (C=O) groups excluding carboxylic acids is 1. The van der Waals surface area contributed by atoms with E-state index >= 15 is 0 Å². The van der Waals surface area contributed by atoms with Crippen LogP contribution in [-0.2, 0) is 11.3 Å². The molecule has 0 spiro atoms. The van der Waals surface area contributed by atoms with Gasteiger partial charge in [-0.3, -0.25) is 4.79 Å². The summed E-state index contributed by atoms with van der Waals surface area (Å²) < 4.78 is 11.4. The molecule has 0 aliphatic heterocycles. The average Bonchev–Trinajstić information content (AvgIpc) is 2.79. The molecule has 0 aliphatic rings. The Hall–Kier alpha value is -2.53. The van der Waals surface area contributed by atoms with E-state index < -0.39 is 0 Å². The first-order valence-electron chi connectivity index (χ1n) is 11.0. The normalized spacial score (nSPS) is 11.9. The summed E-state index contributed by atoms with van der Waals surface area (Å²) in [4.78, 5) is 15.1. The predicted octanol–water partition coefficient (Wildman–Crippen LogP) is 4.62. The molecule has 30 heavy (non-hydrogen) atoms. The van der Waals surface area contributed by atoms with Gasteiger partial charge in [-0.25, -0.2) is 0 Å². The van der Waals surface area contributed by atoms with Gasteiger partial charge in [-0.2, -0.15) is 0 Å². The smallest absolute Gasteiger partial charge is 0.227 e. The van der Waals surface area contributed by atoms with E-state index in [9.17, 15) is 4.79 Å². The van der Waals surface area contributed by atoms with E-state index in [2.05, 4.69) is 31.0 Å². The molecule has 0 aliphatic carbocycles. The number of hydrogen-bond donors (Lipinski definition) is 1. The number of nitrogens with zero attached hydrogens (tertiary/aromatic N) is 1. The van der Waals surface area contributed by atoms with Crippen molar-refractivity contribution in [3.63, 3.8) is 0 Å². The zero-order valence-electron chi connectivity index (χ0n) is 18.8. The van der Waals surface area contributed by atoms with Crippen LogP contribution in [0.25, 0.3) is 0 Å². The SMILES string of the molecule is CCCC(C(=O)NCc1ccc(OCCN(CC)CC)c(OC)c1)c1ccccc1. The van der Waals surface area contributed by atoms with Gasteiger partial charge in [0.25, 0.3) is 0 Å². The fourth-order valence-corrected chi connectivity index (χ4v) is 3.50. The van der Waals surface area contributed by atoms with Gasteiger partial charge >= 0.3 is 0 Å². The van der Waals surface area contributed by atoms with Gasteiger partial charge in [-0.05, 0) is 42.8 Å². The van der Waals surface area contributed by atoms with Crippen molar-refractivity contribution in [2.75, 3.05) is 33.4 Å². The fourth-order valence-electron chi connectivity index (χ4n) is 3.50. The molecule has 164 valence electrons. The fraction of sp³-hybridized carbons (Fsp3) is 0.480. The van der Waals surface area contributed by atoms with Crippen LogP contribution >= 0.6 is 0 Å². The van der Waals surface area contributed by atoms with Crippen LogP contribution in [0.2, 0.25) is 0 Å². The summed E-state index contributed by atoms with van der Waals surface area (Å²) >= 11 is 0. The molecule has 0 saturated heterocycles. The third-order valence-corrected chi connectivity index (χ3v) is 5.35. The highest BCUT2D eigenvalue weighted by molar-refractivity contribution is 5.83. The number of likely N-dealkylation sites (N-methyl/N-ethyl adjacent to an activating group) is 1. The predicted molar refractivity (Wildman–Crippen MR) is 122 cm³/mol. The van der Waals surface area contributed by atoms with Crippen molar-refractivity contribution in [3.05, 3.63) is 59.7 Å². The second kappa shape index (κ2) is 12.9. The van der Waals surface area contributed by atoms with E-state index in [1.165, 1.54) is 0 Å².